The molecule has 3 atom stereocenters. The van der Waals surface area contributed by atoms with Crippen molar-refractivity contribution in [2.24, 2.45) is 11.8 Å². The summed E-state index contributed by atoms with van der Waals surface area (Å²) in [4.78, 5) is 18.6. The van der Waals surface area contributed by atoms with Crippen LogP contribution in [-0.4, -0.2) is 16.9 Å². The normalized spacial score (nSPS) is 21.8. The molecule has 0 aliphatic heterocycles. The molecule has 0 saturated heterocycles. The van der Waals surface area contributed by atoms with E-state index in [1.54, 1.807) is 0 Å². The Hall–Kier alpha value is -2.68. The lowest BCUT2D eigenvalue weighted by molar-refractivity contribution is 0.0892. The van der Waals surface area contributed by atoms with Crippen molar-refractivity contribution < 1.29 is 4.79 Å². The topological polar surface area (TPSA) is 42.0 Å². The fourth-order valence-corrected chi connectivity index (χ4v) is 4.72. The third-order valence-corrected chi connectivity index (χ3v) is 6.64. The molecule has 1 heterocycles. The molecular formula is C26H30N2O. The predicted octanol–water partition coefficient (Wildman–Crippen LogP) is 6.02. The number of nitrogens with one attached hydrogen (secondary N) is 1. The molecular weight excluding hydrogens is 356 g/mol. The van der Waals surface area contributed by atoms with Gasteiger partial charge < -0.3 is 5.32 Å². The predicted molar refractivity (Wildman–Crippen MR) is 120 cm³/mol. The highest BCUT2D eigenvalue weighted by Crippen LogP contribution is 2.33. The van der Waals surface area contributed by atoms with Gasteiger partial charge in [-0.3, -0.25) is 4.79 Å². The van der Waals surface area contributed by atoms with Gasteiger partial charge in [-0.15, -0.1) is 0 Å². The Labute approximate surface area is 173 Å². The van der Waals surface area contributed by atoms with Crippen molar-refractivity contribution in [3.05, 3.63) is 65.7 Å². The Balaban J connectivity index is 1.83. The third-order valence-electron chi connectivity index (χ3n) is 6.64. The van der Waals surface area contributed by atoms with Gasteiger partial charge in [0.1, 0.15) is 0 Å². The van der Waals surface area contributed by atoms with Crippen molar-refractivity contribution in [3.8, 4) is 11.3 Å². The zero-order valence-corrected chi connectivity index (χ0v) is 17.6. The number of carbonyl (C=O) groups excluding carboxylic acids is 1. The minimum absolute atomic E-state index is 0.0450. The van der Waals surface area contributed by atoms with Crippen molar-refractivity contribution >= 4 is 16.8 Å². The fraction of sp³-hybridized carbons (Fsp3) is 0.385. The molecule has 1 fully saturated rings. The lowest BCUT2D eigenvalue weighted by atomic mass is 9.78. The van der Waals surface area contributed by atoms with E-state index in [1.807, 2.05) is 42.5 Å². The molecule has 29 heavy (non-hydrogen) atoms. The molecule has 1 N–H and O–H groups in total. The van der Waals surface area contributed by atoms with E-state index in [-0.39, 0.29) is 11.9 Å². The van der Waals surface area contributed by atoms with Gasteiger partial charge in [0.25, 0.3) is 5.91 Å². The smallest absolute Gasteiger partial charge is 0.252 e. The van der Waals surface area contributed by atoms with Gasteiger partial charge in [-0.05, 0) is 36.3 Å². The average molecular weight is 387 g/mol. The van der Waals surface area contributed by atoms with Gasteiger partial charge in [0, 0.05) is 17.0 Å². The van der Waals surface area contributed by atoms with E-state index in [4.69, 9.17) is 4.98 Å². The lowest BCUT2D eigenvalue weighted by Crippen LogP contribution is -2.44. The summed E-state index contributed by atoms with van der Waals surface area (Å²) in [5, 5.41) is 4.34. The Morgan fingerprint density at radius 3 is 2.52 bits per heavy atom. The largest absolute Gasteiger partial charge is 0.349 e. The second kappa shape index (κ2) is 8.36. The third kappa shape index (κ3) is 3.78. The zero-order valence-electron chi connectivity index (χ0n) is 17.6. The SMILES string of the molecule is CCc1c(-c2ccccc2)nc2ccccc2c1C(=O)N[C@@H]1CCC[C@@H](C)[C@H]1C. The molecule has 3 heteroatoms. The van der Waals surface area contributed by atoms with Crippen molar-refractivity contribution in [1.82, 2.24) is 10.3 Å². The molecule has 1 amide bonds. The summed E-state index contributed by atoms with van der Waals surface area (Å²) in [6.45, 7) is 6.69. The highest BCUT2D eigenvalue weighted by Gasteiger charge is 2.30. The zero-order chi connectivity index (χ0) is 20.4. The number of para-hydroxylation sites is 1. The van der Waals surface area contributed by atoms with Crippen LogP contribution in [0.25, 0.3) is 22.2 Å². The summed E-state index contributed by atoms with van der Waals surface area (Å²) >= 11 is 0. The van der Waals surface area contributed by atoms with Gasteiger partial charge in [0.2, 0.25) is 0 Å². The summed E-state index contributed by atoms with van der Waals surface area (Å²) in [6, 6.07) is 18.5. The highest BCUT2D eigenvalue weighted by atomic mass is 16.1. The number of fused-ring (bicyclic) bond motifs is 1. The van der Waals surface area contributed by atoms with Crippen LogP contribution in [0.5, 0.6) is 0 Å². The van der Waals surface area contributed by atoms with Crippen LogP contribution in [-0.2, 0) is 6.42 Å². The van der Waals surface area contributed by atoms with Crippen LogP contribution in [0.4, 0.5) is 0 Å². The van der Waals surface area contributed by atoms with E-state index in [0.29, 0.717) is 11.8 Å². The molecule has 0 unspecified atom stereocenters. The molecule has 1 aromatic heterocycles. The summed E-state index contributed by atoms with van der Waals surface area (Å²) in [6.07, 6.45) is 4.27. The monoisotopic (exact) mass is 386 g/mol. The molecule has 0 spiro atoms. The van der Waals surface area contributed by atoms with Crippen LogP contribution < -0.4 is 5.32 Å². The molecule has 3 aromatic rings. The Kier molecular flexibility index (Phi) is 5.66. The van der Waals surface area contributed by atoms with Crippen LogP contribution in [0.2, 0.25) is 0 Å². The van der Waals surface area contributed by atoms with Crippen LogP contribution in [0.1, 0.15) is 56.0 Å². The Morgan fingerprint density at radius 2 is 1.76 bits per heavy atom. The van der Waals surface area contributed by atoms with Gasteiger partial charge in [-0.2, -0.15) is 0 Å². The van der Waals surface area contributed by atoms with E-state index in [1.165, 1.54) is 12.8 Å². The lowest BCUT2D eigenvalue weighted by Gasteiger charge is -2.34. The number of benzene rings is 2. The molecule has 1 saturated carbocycles. The highest BCUT2D eigenvalue weighted by molar-refractivity contribution is 6.09. The second-order valence-corrected chi connectivity index (χ2v) is 8.40. The summed E-state index contributed by atoms with van der Waals surface area (Å²) in [5.41, 5.74) is 4.68. The van der Waals surface area contributed by atoms with Gasteiger partial charge in [0.15, 0.2) is 0 Å². The number of hydrogen-bond donors (Lipinski definition) is 1. The number of amides is 1. The molecule has 0 bridgehead atoms. The van der Waals surface area contributed by atoms with Gasteiger partial charge in [-0.25, -0.2) is 4.98 Å². The van der Waals surface area contributed by atoms with E-state index < -0.39 is 0 Å². The molecule has 3 nitrogen and oxygen atoms in total. The summed E-state index contributed by atoms with van der Waals surface area (Å²) in [7, 11) is 0. The first-order valence-electron chi connectivity index (χ1n) is 10.9. The average Bonchev–Trinajstić information content (AvgIpc) is 2.76. The van der Waals surface area contributed by atoms with Crippen molar-refractivity contribution in [2.45, 2.75) is 52.5 Å². The molecule has 4 rings (SSSR count). The molecule has 2 aromatic carbocycles. The Morgan fingerprint density at radius 1 is 1.03 bits per heavy atom. The van der Waals surface area contributed by atoms with Crippen molar-refractivity contribution in [1.29, 1.82) is 0 Å². The van der Waals surface area contributed by atoms with Gasteiger partial charge in [0.05, 0.1) is 16.8 Å². The van der Waals surface area contributed by atoms with Gasteiger partial charge >= 0.3 is 0 Å². The minimum atomic E-state index is 0.0450. The first-order valence-corrected chi connectivity index (χ1v) is 10.9. The van der Waals surface area contributed by atoms with E-state index in [2.05, 4.69) is 38.2 Å². The first-order chi connectivity index (χ1) is 14.1. The van der Waals surface area contributed by atoms with Gasteiger partial charge in [-0.1, -0.05) is 82.1 Å². The maximum Gasteiger partial charge on any atom is 0.252 e. The van der Waals surface area contributed by atoms with Crippen molar-refractivity contribution in [2.75, 3.05) is 0 Å². The second-order valence-electron chi connectivity index (χ2n) is 8.40. The minimum Gasteiger partial charge on any atom is -0.349 e. The molecule has 150 valence electrons. The van der Waals surface area contributed by atoms with E-state index >= 15 is 0 Å². The molecule has 1 aliphatic rings. The molecule has 1 aliphatic carbocycles. The summed E-state index contributed by atoms with van der Waals surface area (Å²) in [5.74, 6) is 1.19. The fourth-order valence-electron chi connectivity index (χ4n) is 4.72. The molecule has 0 radical (unpaired) electrons. The number of carbonyl (C=O) groups is 1. The quantitative estimate of drug-likeness (QED) is 0.596. The number of hydrogen-bond acceptors (Lipinski definition) is 2. The number of pyridine rings is 1. The first kappa shape index (κ1) is 19.6. The van der Waals surface area contributed by atoms with E-state index in [0.717, 1.165) is 46.1 Å². The number of aromatic nitrogens is 1. The van der Waals surface area contributed by atoms with E-state index in [9.17, 15) is 4.79 Å². The maximum atomic E-state index is 13.6. The van der Waals surface area contributed by atoms with Crippen LogP contribution in [0.15, 0.2) is 54.6 Å². The van der Waals surface area contributed by atoms with Crippen LogP contribution in [0.3, 0.4) is 0 Å². The standard InChI is InChI=1S/C26H30N2O/c1-4-20-24(26(29)28-22-16-10-11-17(2)18(22)3)21-14-8-9-15-23(21)27-25(20)19-12-6-5-7-13-19/h5-9,12-15,17-18,22H,4,10-11,16H2,1-3H3,(H,28,29)/t17-,18-,22-/m1/s1. The Bertz CT molecular complexity index is 1010. The van der Waals surface area contributed by atoms with Crippen LogP contribution in [0, 0.1) is 11.8 Å². The number of nitrogens with zero attached hydrogens (tertiary/aromatic N) is 1. The maximum absolute atomic E-state index is 13.6. The number of rotatable bonds is 4. The van der Waals surface area contributed by atoms with Crippen LogP contribution >= 0.6 is 0 Å². The van der Waals surface area contributed by atoms with Crippen molar-refractivity contribution in [3.63, 3.8) is 0 Å². The summed E-state index contributed by atoms with van der Waals surface area (Å²) < 4.78 is 0.